The van der Waals surface area contributed by atoms with E-state index in [9.17, 15) is 18.0 Å². The molecule has 1 fully saturated rings. The van der Waals surface area contributed by atoms with Crippen molar-refractivity contribution >= 4 is 27.5 Å². The van der Waals surface area contributed by atoms with Gasteiger partial charge in [-0.2, -0.15) is 0 Å². The number of nitrogens with one attached hydrogen (secondary N) is 1. The normalized spacial score (nSPS) is 14.7. The van der Waals surface area contributed by atoms with Crippen molar-refractivity contribution in [2.45, 2.75) is 77.4 Å². The lowest BCUT2D eigenvalue weighted by Crippen LogP contribution is -2.50. The Labute approximate surface area is 238 Å². The molecule has 1 saturated carbocycles. The predicted octanol–water partition coefficient (Wildman–Crippen LogP) is 4.51. The van der Waals surface area contributed by atoms with Crippen LogP contribution in [0.5, 0.6) is 11.5 Å². The van der Waals surface area contributed by atoms with Gasteiger partial charge in [0.25, 0.3) is 0 Å². The minimum Gasteiger partial charge on any atom is -0.497 e. The van der Waals surface area contributed by atoms with Gasteiger partial charge in [0.15, 0.2) is 0 Å². The number of rotatable bonds is 14. The Bertz CT molecular complexity index is 1230. The number of benzene rings is 2. The maximum absolute atomic E-state index is 13.6. The number of para-hydroxylation sites is 2. The van der Waals surface area contributed by atoms with Crippen LogP contribution in [-0.4, -0.2) is 63.7 Å². The standard InChI is InChI=1S/C30H43N3O6S/c1-5-39-28-18-10-9-17-27(28)33(40(4,36)37)20-12-19-29(34)32(22-24-13-11-16-26(21-24)38-3)23(2)30(35)31-25-14-7-6-8-15-25/h9-11,13,16-18,21,23,25H,5-8,12,14-15,19-20,22H2,1-4H3,(H,31,35). The molecule has 2 aromatic rings. The first kappa shape index (κ1) is 31.3. The van der Waals surface area contributed by atoms with Gasteiger partial charge in [-0.15, -0.1) is 0 Å². The first-order valence-electron chi connectivity index (χ1n) is 14.1. The molecule has 0 aliphatic heterocycles. The van der Waals surface area contributed by atoms with E-state index in [2.05, 4.69) is 5.32 Å². The Morgan fingerprint density at radius 3 is 2.48 bits per heavy atom. The number of hydrogen-bond acceptors (Lipinski definition) is 6. The fourth-order valence-electron chi connectivity index (χ4n) is 5.04. The van der Waals surface area contributed by atoms with Crippen molar-refractivity contribution in [2.24, 2.45) is 0 Å². The number of nitrogens with zero attached hydrogens (tertiary/aromatic N) is 2. The molecule has 3 rings (SSSR count). The van der Waals surface area contributed by atoms with E-state index in [1.165, 1.54) is 10.7 Å². The molecule has 1 unspecified atom stereocenters. The highest BCUT2D eigenvalue weighted by Gasteiger charge is 2.29. The molecule has 1 N–H and O–H groups in total. The van der Waals surface area contributed by atoms with E-state index in [0.717, 1.165) is 37.5 Å². The van der Waals surface area contributed by atoms with Crippen molar-refractivity contribution < 1.29 is 27.5 Å². The van der Waals surface area contributed by atoms with E-state index in [1.807, 2.05) is 31.2 Å². The van der Waals surface area contributed by atoms with Crippen LogP contribution in [0.25, 0.3) is 0 Å². The summed E-state index contributed by atoms with van der Waals surface area (Å²) in [7, 11) is -2.05. The molecule has 0 saturated heterocycles. The molecule has 10 heteroatoms. The van der Waals surface area contributed by atoms with E-state index in [4.69, 9.17) is 9.47 Å². The second-order valence-electron chi connectivity index (χ2n) is 10.2. The van der Waals surface area contributed by atoms with Crippen molar-refractivity contribution in [2.75, 3.05) is 30.8 Å². The highest BCUT2D eigenvalue weighted by atomic mass is 32.2. The number of carbonyl (C=O) groups excluding carboxylic acids is 2. The average molecular weight is 574 g/mol. The summed E-state index contributed by atoms with van der Waals surface area (Å²) in [5, 5.41) is 3.14. The van der Waals surface area contributed by atoms with Gasteiger partial charge in [-0.1, -0.05) is 43.5 Å². The highest BCUT2D eigenvalue weighted by Crippen LogP contribution is 2.30. The van der Waals surface area contributed by atoms with Crippen LogP contribution < -0.4 is 19.1 Å². The van der Waals surface area contributed by atoms with Crippen LogP contribution in [0.1, 0.15) is 64.4 Å². The molecule has 1 aliphatic carbocycles. The molecule has 0 radical (unpaired) electrons. The SMILES string of the molecule is CCOc1ccccc1N(CCCC(=O)N(Cc1cccc(OC)c1)C(C)C(=O)NC1CCCCC1)S(C)(=O)=O. The third-order valence-corrected chi connectivity index (χ3v) is 8.37. The fourth-order valence-corrected chi connectivity index (χ4v) is 6.01. The van der Waals surface area contributed by atoms with Crippen LogP contribution in [0.15, 0.2) is 48.5 Å². The zero-order valence-corrected chi connectivity index (χ0v) is 24.9. The van der Waals surface area contributed by atoms with Gasteiger partial charge in [-0.05, 0) is 62.9 Å². The van der Waals surface area contributed by atoms with Gasteiger partial charge >= 0.3 is 0 Å². The lowest BCUT2D eigenvalue weighted by molar-refractivity contribution is -0.141. The van der Waals surface area contributed by atoms with Crippen LogP contribution in [0.2, 0.25) is 0 Å². The van der Waals surface area contributed by atoms with Crippen LogP contribution >= 0.6 is 0 Å². The first-order chi connectivity index (χ1) is 19.1. The molecule has 0 spiro atoms. The monoisotopic (exact) mass is 573 g/mol. The predicted molar refractivity (Wildman–Crippen MR) is 157 cm³/mol. The Morgan fingerprint density at radius 2 is 1.80 bits per heavy atom. The number of carbonyl (C=O) groups is 2. The molecular weight excluding hydrogens is 530 g/mol. The molecule has 40 heavy (non-hydrogen) atoms. The Hall–Kier alpha value is -3.27. The van der Waals surface area contributed by atoms with E-state index in [1.54, 1.807) is 43.2 Å². The van der Waals surface area contributed by atoms with E-state index in [-0.39, 0.29) is 43.8 Å². The topological polar surface area (TPSA) is 105 Å². The van der Waals surface area contributed by atoms with Gasteiger partial charge in [0.1, 0.15) is 17.5 Å². The van der Waals surface area contributed by atoms with Crippen molar-refractivity contribution in [1.29, 1.82) is 0 Å². The maximum atomic E-state index is 13.6. The largest absolute Gasteiger partial charge is 0.497 e. The zero-order valence-electron chi connectivity index (χ0n) is 24.1. The summed E-state index contributed by atoms with van der Waals surface area (Å²) in [6, 6.07) is 13.8. The molecule has 0 aromatic heterocycles. The molecule has 2 amide bonds. The summed E-state index contributed by atoms with van der Waals surface area (Å²) in [6.45, 7) is 4.32. The summed E-state index contributed by atoms with van der Waals surface area (Å²) >= 11 is 0. The summed E-state index contributed by atoms with van der Waals surface area (Å²) in [5.74, 6) is 0.739. The molecule has 9 nitrogen and oxygen atoms in total. The van der Waals surface area contributed by atoms with Crippen LogP contribution in [-0.2, 0) is 26.2 Å². The van der Waals surface area contributed by atoms with Gasteiger partial charge in [-0.3, -0.25) is 13.9 Å². The fraction of sp³-hybridized carbons (Fsp3) is 0.533. The summed E-state index contributed by atoms with van der Waals surface area (Å²) in [5.41, 5.74) is 1.28. The third kappa shape index (κ3) is 8.87. The lowest BCUT2D eigenvalue weighted by atomic mass is 9.95. The quantitative estimate of drug-likeness (QED) is 0.357. The number of methoxy groups -OCH3 is 1. The minimum atomic E-state index is -3.63. The van der Waals surface area contributed by atoms with Gasteiger partial charge in [0.2, 0.25) is 21.8 Å². The summed E-state index contributed by atoms with van der Waals surface area (Å²) in [4.78, 5) is 28.4. The van der Waals surface area contributed by atoms with Crippen molar-refractivity contribution in [1.82, 2.24) is 10.2 Å². The first-order valence-corrected chi connectivity index (χ1v) is 15.9. The highest BCUT2D eigenvalue weighted by molar-refractivity contribution is 7.92. The second-order valence-corrected chi connectivity index (χ2v) is 12.1. The van der Waals surface area contributed by atoms with Crippen molar-refractivity contribution in [3.05, 3.63) is 54.1 Å². The third-order valence-electron chi connectivity index (χ3n) is 7.19. The molecule has 220 valence electrons. The molecule has 1 aliphatic rings. The minimum absolute atomic E-state index is 0.0772. The Balaban J connectivity index is 1.75. The molecular formula is C30H43N3O6S. The lowest BCUT2D eigenvalue weighted by Gasteiger charge is -2.31. The number of ether oxygens (including phenoxy) is 2. The zero-order chi connectivity index (χ0) is 29.1. The van der Waals surface area contributed by atoms with Crippen molar-refractivity contribution in [3.63, 3.8) is 0 Å². The molecule has 1 atom stereocenters. The van der Waals surface area contributed by atoms with E-state index in [0.29, 0.717) is 23.8 Å². The number of anilines is 1. The van der Waals surface area contributed by atoms with Gasteiger partial charge in [-0.25, -0.2) is 8.42 Å². The number of sulfonamides is 1. The molecule has 2 aromatic carbocycles. The maximum Gasteiger partial charge on any atom is 0.242 e. The Morgan fingerprint density at radius 1 is 1.07 bits per heavy atom. The number of amides is 2. The molecule has 0 heterocycles. The summed E-state index contributed by atoms with van der Waals surface area (Å²) < 4.78 is 37.7. The smallest absolute Gasteiger partial charge is 0.242 e. The van der Waals surface area contributed by atoms with Crippen LogP contribution in [0.3, 0.4) is 0 Å². The van der Waals surface area contributed by atoms with Crippen LogP contribution in [0.4, 0.5) is 5.69 Å². The van der Waals surface area contributed by atoms with Crippen molar-refractivity contribution in [3.8, 4) is 11.5 Å². The van der Waals surface area contributed by atoms with Gasteiger partial charge in [0.05, 0.1) is 25.7 Å². The molecule has 0 bridgehead atoms. The van der Waals surface area contributed by atoms with E-state index >= 15 is 0 Å². The average Bonchev–Trinajstić information content (AvgIpc) is 2.94. The van der Waals surface area contributed by atoms with Gasteiger partial charge < -0.3 is 19.7 Å². The summed E-state index contributed by atoms with van der Waals surface area (Å²) in [6.07, 6.45) is 6.77. The van der Waals surface area contributed by atoms with Crippen LogP contribution in [0, 0.1) is 0 Å². The van der Waals surface area contributed by atoms with Gasteiger partial charge in [0, 0.05) is 25.6 Å². The number of hydrogen-bond donors (Lipinski definition) is 1. The Kier molecular flexibility index (Phi) is 11.7. The van der Waals surface area contributed by atoms with E-state index < -0.39 is 16.1 Å². The second kappa shape index (κ2) is 14.9.